The summed E-state index contributed by atoms with van der Waals surface area (Å²) in [4.78, 5) is 25.1. The summed E-state index contributed by atoms with van der Waals surface area (Å²) < 4.78 is 17.7. The fourth-order valence-electron chi connectivity index (χ4n) is 2.95. The molecule has 1 atom stereocenters. The summed E-state index contributed by atoms with van der Waals surface area (Å²) >= 11 is 1.48. The van der Waals surface area contributed by atoms with Gasteiger partial charge in [-0.3, -0.25) is 9.36 Å². The van der Waals surface area contributed by atoms with Gasteiger partial charge in [-0.15, -0.1) is 10.2 Å². The third kappa shape index (κ3) is 5.02. The molecule has 0 bridgehead atoms. The van der Waals surface area contributed by atoms with E-state index in [2.05, 4.69) is 15.5 Å². The number of ether oxygens (including phenoxy) is 3. The SMILES string of the molecule is COc1ccc(OC)c(NC(=O)C(C)OC(=O)c2ccc(-n3c(C)nnc3SC)cc2)c1. The number of aromatic nitrogens is 3. The van der Waals surface area contributed by atoms with Gasteiger partial charge in [-0.05, 0) is 56.5 Å². The molecule has 0 radical (unpaired) electrons. The Labute approximate surface area is 190 Å². The summed E-state index contributed by atoms with van der Waals surface area (Å²) in [7, 11) is 3.02. The van der Waals surface area contributed by atoms with Crippen LogP contribution in [0.4, 0.5) is 5.69 Å². The Hall–Kier alpha value is -3.53. The number of hydrogen-bond acceptors (Lipinski definition) is 8. The van der Waals surface area contributed by atoms with Crippen LogP contribution >= 0.6 is 11.8 Å². The number of amides is 1. The minimum atomic E-state index is -1.03. The Bertz CT molecular complexity index is 1110. The van der Waals surface area contributed by atoms with Crippen LogP contribution in [0.25, 0.3) is 5.69 Å². The van der Waals surface area contributed by atoms with E-state index in [0.717, 1.165) is 16.7 Å². The number of aryl methyl sites for hydroxylation is 1. The number of esters is 1. The number of thioether (sulfide) groups is 1. The Kier molecular flexibility index (Phi) is 7.37. The summed E-state index contributed by atoms with van der Waals surface area (Å²) in [5, 5.41) is 11.6. The first kappa shape index (κ1) is 23.1. The quantitative estimate of drug-likeness (QED) is 0.406. The third-order valence-electron chi connectivity index (χ3n) is 4.66. The third-order valence-corrected chi connectivity index (χ3v) is 5.29. The number of anilines is 1. The second kappa shape index (κ2) is 10.2. The number of methoxy groups -OCH3 is 2. The molecule has 0 saturated heterocycles. The topological polar surface area (TPSA) is 105 Å². The van der Waals surface area contributed by atoms with Gasteiger partial charge in [0.1, 0.15) is 17.3 Å². The first-order chi connectivity index (χ1) is 15.4. The molecule has 0 aliphatic rings. The molecule has 10 heteroatoms. The molecule has 9 nitrogen and oxygen atoms in total. The predicted octanol–water partition coefficient (Wildman–Crippen LogP) is 3.50. The van der Waals surface area contributed by atoms with Crippen molar-refractivity contribution >= 4 is 29.3 Å². The van der Waals surface area contributed by atoms with Crippen LogP contribution in [0.3, 0.4) is 0 Å². The number of nitrogens with zero attached hydrogens (tertiary/aromatic N) is 3. The largest absolute Gasteiger partial charge is 0.497 e. The molecule has 2 aromatic carbocycles. The lowest BCUT2D eigenvalue weighted by Crippen LogP contribution is -2.30. The Balaban J connectivity index is 1.68. The minimum Gasteiger partial charge on any atom is -0.497 e. The number of benzene rings is 2. The molecule has 1 unspecified atom stereocenters. The van der Waals surface area contributed by atoms with Crippen LogP contribution in [-0.4, -0.2) is 53.2 Å². The van der Waals surface area contributed by atoms with Crippen LogP contribution in [0.15, 0.2) is 47.6 Å². The zero-order valence-electron chi connectivity index (χ0n) is 18.4. The summed E-state index contributed by atoms with van der Waals surface area (Å²) in [5.41, 5.74) is 1.56. The normalized spacial score (nSPS) is 11.5. The number of hydrogen-bond donors (Lipinski definition) is 1. The fraction of sp³-hybridized carbons (Fsp3) is 0.273. The number of carbonyl (C=O) groups excluding carboxylic acids is 2. The van der Waals surface area contributed by atoms with E-state index in [1.54, 1.807) is 42.5 Å². The molecular formula is C22H24N4O5S. The Morgan fingerprint density at radius 2 is 1.78 bits per heavy atom. The fourth-order valence-corrected chi connectivity index (χ4v) is 3.49. The lowest BCUT2D eigenvalue weighted by atomic mass is 10.2. The Morgan fingerprint density at radius 3 is 2.41 bits per heavy atom. The van der Waals surface area contributed by atoms with E-state index >= 15 is 0 Å². The molecular weight excluding hydrogens is 432 g/mol. The zero-order chi connectivity index (χ0) is 23.3. The second-order valence-corrected chi connectivity index (χ2v) is 7.49. The van der Waals surface area contributed by atoms with Gasteiger partial charge in [-0.1, -0.05) is 11.8 Å². The summed E-state index contributed by atoms with van der Waals surface area (Å²) in [5.74, 6) is 0.650. The number of carbonyl (C=O) groups is 2. The average Bonchev–Trinajstić information content (AvgIpc) is 3.19. The van der Waals surface area contributed by atoms with Gasteiger partial charge in [0.25, 0.3) is 5.91 Å². The van der Waals surface area contributed by atoms with Gasteiger partial charge in [0.15, 0.2) is 11.3 Å². The lowest BCUT2D eigenvalue weighted by Gasteiger charge is -2.16. The van der Waals surface area contributed by atoms with Crippen molar-refractivity contribution in [3.63, 3.8) is 0 Å². The van der Waals surface area contributed by atoms with E-state index in [4.69, 9.17) is 14.2 Å². The van der Waals surface area contributed by atoms with Crippen LogP contribution in [0.5, 0.6) is 11.5 Å². The molecule has 0 aliphatic heterocycles. The maximum Gasteiger partial charge on any atom is 0.338 e. The molecule has 0 aliphatic carbocycles. The van der Waals surface area contributed by atoms with E-state index in [1.807, 2.05) is 17.7 Å². The smallest absolute Gasteiger partial charge is 0.338 e. The van der Waals surface area contributed by atoms with Crippen molar-refractivity contribution in [2.45, 2.75) is 25.1 Å². The number of nitrogens with one attached hydrogen (secondary N) is 1. The van der Waals surface area contributed by atoms with Gasteiger partial charge in [-0.25, -0.2) is 4.79 Å². The summed E-state index contributed by atoms with van der Waals surface area (Å²) in [6.07, 6.45) is 0.889. The van der Waals surface area contributed by atoms with Gasteiger partial charge < -0.3 is 19.5 Å². The Morgan fingerprint density at radius 1 is 1.06 bits per heavy atom. The van der Waals surface area contributed by atoms with E-state index in [0.29, 0.717) is 22.7 Å². The van der Waals surface area contributed by atoms with Crippen LogP contribution in [0, 0.1) is 6.92 Å². The van der Waals surface area contributed by atoms with Gasteiger partial charge in [0, 0.05) is 11.8 Å². The molecule has 0 spiro atoms. The van der Waals surface area contributed by atoms with Crippen LogP contribution < -0.4 is 14.8 Å². The highest BCUT2D eigenvalue weighted by molar-refractivity contribution is 7.98. The van der Waals surface area contributed by atoms with Crippen LogP contribution in [-0.2, 0) is 9.53 Å². The molecule has 1 heterocycles. The highest BCUT2D eigenvalue weighted by atomic mass is 32.2. The van der Waals surface area contributed by atoms with Gasteiger partial charge >= 0.3 is 5.97 Å². The first-order valence-corrected chi connectivity index (χ1v) is 10.9. The van der Waals surface area contributed by atoms with Crippen LogP contribution in [0.1, 0.15) is 23.1 Å². The molecule has 3 rings (SSSR count). The summed E-state index contributed by atoms with van der Waals surface area (Å²) in [6, 6.07) is 11.8. The van der Waals surface area contributed by atoms with Crippen molar-refractivity contribution < 1.29 is 23.8 Å². The highest BCUT2D eigenvalue weighted by Crippen LogP contribution is 2.29. The average molecular weight is 457 g/mol. The van der Waals surface area contributed by atoms with Crippen molar-refractivity contribution in [2.75, 3.05) is 25.8 Å². The van der Waals surface area contributed by atoms with E-state index in [1.165, 1.54) is 32.9 Å². The molecule has 1 aromatic heterocycles. The minimum absolute atomic E-state index is 0.323. The molecule has 1 amide bonds. The van der Waals surface area contributed by atoms with Gasteiger partial charge in [0.2, 0.25) is 0 Å². The molecule has 168 valence electrons. The molecule has 32 heavy (non-hydrogen) atoms. The first-order valence-electron chi connectivity index (χ1n) is 9.68. The maximum absolute atomic E-state index is 12.6. The van der Waals surface area contributed by atoms with E-state index in [9.17, 15) is 9.59 Å². The molecule has 1 N–H and O–H groups in total. The number of rotatable bonds is 8. The zero-order valence-corrected chi connectivity index (χ0v) is 19.2. The standard InChI is InChI=1S/C22H24N4O5S/c1-13(20(27)23-18-12-17(29-3)10-11-19(18)30-4)31-21(28)15-6-8-16(9-7-15)26-14(2)24-25-22(26)32-5/h6-13H,1-5H3,(H,23,27). The van der Waals surface area contributed by atoms with Gasteiger partial charge in [0.05, 0.1) is 25.5 Å². The van der Waals surface area contributed by atoms with Crippen molar-refractivity contribution in [1.29, 1.82) is 0 Å². The predicted molar refractivity (Wildman–Crippen MR) is 121 cm³/mol. The van der Waals surface area contributed by atoms with Crippen LogP contribution in [0.2, 0.25) is 0 Å². The maximum atomic E-state index is 12.6. The van der Waals surface area contributed by atoms with E-state index < -0.39 is 18.0 Å². The van der Waals surface area contributed by atoms with Gasteiger partial charge in [-0.2, -0.15) is 0 Å². The molecule has 0 saturated carbocycles. The van der Waals surface area contributed by atoms with Crippen molar-refractivity contribution in [3.05, 3.63) is 53.9 Å². The second-order valence-electron chi connectivity index (χ2n) is 6.72. The summed E-state index contributed by atoms with van der Waals surface area (Å²) in [6.45, 7) is 3.35. The molecule has 0 fully saturated rings. The van der Waals surface area contributed by atoms with E-state index in [-0.39, 0.29) is 0 Å². The van der Waals surface area contributed by atoms with Crippen molar-refractivity contribution in [2.24, 2.45) is 0 Å². The highest BCUT2D eigenvalue weighted by Gasteiger charge is 2.21. The van der Waals surface area contributed by atoms with Crippen molar-refractivity contribution in [1.82, 2.24) is 14.8 Å². The molecule has 3 aromatic rings. The monoisotopic (exact) mass is 456 g/mol. The lowest BCUT2D eigenvalue weighted by molar-refractivity contribution is -0.123. The van der Waals surface area contributed by atoms with Crippen molar-refractivity contribution in [3.8, 4) is 17.2 Å².